The zero-order valence-electron chi connectivity index (χ0n) is 4.99. The molecule has 0 saturated carbocycles. The van der Waals surface area contributed by atoms with Crippen molar-refractivity contribution in [3.8, 4) is 0 Å². The van der Waals surface area contributed by atoms with Gasteiger partial charge in [-0.25, -0.2) is 9.32 Å². The molecule has 9 heavy (non-hydrogen) atoms. The third kappa shape index (κ3) is 5.40. The molecule has 0 aliphatic heterocycles. The highest BCUT2D eigenvalue weighted by Crippen LogP contribution is 2.10. The highest BCUT2D eigenvalue weighted by molar-refractivity contribution is 7.31. The van der Waals surface area contributed by atoms with Crippen molar-refractivity contribution < 1.29 is 18.8 Å². The molecule has 0 aliphatic carbocycles. The summed E-state index contributed by atoms with van der Waals surface area (Å²) in [4.78, 5) is 19.9. The lowest BCUT2D eigenvalue weighted by Gasteiger charge is -1.88. The first-order chi connectivity index (χ1) is 4.16. The van der Waals surface area contributed by atoms with Crippen molar-refractivity contribution in [1.29, 1.82) is 0 Å². The first-order valence-corrected chi connectivity index (χ1v) is 3.61. The predicted octanol–water partition coefficient (Wildman–Crippen LogP) is 0.347. The summed E-state index contributed by atoms with van der Waals surface area (Å²) in [6.45, 7) is 1.76. The maximum atomic E-state index is 10.2. The fraction of sp³-hybridized carbons (Fsp3) is 0.750. The summed E-state index contributed by atoms with van der Waals surface area (Å²) >= 11 is 0. The molecule has 0 amide bonds. The number of hydrogen-bond acceptors (Lipinski definition) is 4. The molecule has 0 aromatic heterocycles. The second-order valence-corrected chi connectivity index (χ2v) is 2.07. The van der Waals surface area contributed by atoms with E-state index in [2.05, 4.69) is 4.52 Å². The topological polar surface area (TPSA) is 66.4 Å². The fourth-order valence-electron chi connectivity index (χ4n) is 0.333. The Balaban J connectivity index is 3.39. The van der Waals surface area contributed by atoms with E-state index >= 15 is 0 Å². The molecule has 4 nitrogen and oxygen atoms in total. The molecule has 0 rings (SSSR count). The SMILES string of the molecule is CCCC(=O)O[P+](=O)[O-]. The molecule has 0 radical (unpaired) electrons. The Morgan fingerprint density at radius 1 is 1.78 bits per heavy atom. The van der Waals surface area contributed by atoms with E-state index in [9.17, 15) is 14.3 Å². The third-order valence-electron chi connectivity index (χ3n) is 0.630. The third-order valence-corrected chi connectivity index (χ3v) is 0.983. The smallest absolute Gasteiger partial charge is 0.542 e. The molecular formula is C4H7O4P. The molecule has 0 aliphatic rings. The summed E-state index contributed by atoms with van der Waals surface area (Å²) in [6, 6.07) is 0. The van der Waals surface area contributed by atoms with Gasteiger partial charge < -0.3 is 4.89 Å². The summed E-state index contributed by atoms with van der Waals surface area (Å²) in [7, 11) is -3.00. The predicted molar refractivity (Wildman–Crippen MR) is 28.6 cm³/mol. The number of hydrogen-bond donors (Lipinski definition) is 0. The summed E-state index contributed by atoms with van der Waals surface area (Å²) in [6.07, 6.45) is 0.755. The zero-order chi connectivity index (χ0) is 7.28. The van der Waals surface area contributed by atoms with Gasteiger partial charge in [-0.2, -0.15) is 0 Å². The quantitative estimate of drug-likeness (QED) is 0.544. The van der Waals surface area contributed by atoms with Crippen LogP contribution in [0.15, 0.2) is 0 Å². The van der Waals surface area contributed by atoms with Crippen LogP contribution in [0.3, 0.4) is 0 Å². The Morgan fingerprint density at radius 3 is 2.67 bits per heavy atom. The van der Waals surface area contributed by atoms with Crippen molar-refractivity contribution in [3.63, 3.8) is 0 Å². The lowest BCUT2D eigenvalue weighted by Crippen LogP contribution is -2.01. The monoisotopic (exact) mass is 150 g/mol. The van der Waals surface area contributed by atoms with Crippen LogP contribution in [-0.4, -0.2) is 5.97 Å². The van der Waals surface area contributed by atoms with E-state index in [4.69, 9.17) is 0 Å². The summed E-state index contributed by atoms with van der Waals surface area (Å²) in [5.41, 5.74) is 0. The van der Waals surface area contributed by atoms with Crippen LogP contribution in [0.2, 0.25) is 0 Å². The second-order valence-electron chi connectivity index (χ2n) is 1.44. The second kappa shape index (κ2) is 4.41. The standard InChI is InChI=1S/C4H7O4P/c1-2-3-4(5)8-9(6)7/h2-3H2,1H3. The van der Waals surface area contributed by atoms with Crippen molar-refractivity contribution >= 4 is 14.2 Å². The maximum absolute atomic E-state index is 10.2. The molecule has 0 aromatic carbocycles. The van der Waals surface area contributed by atoms with E-state index < -0.39 is 14.2 Å². The average molecular weight is 150 g/mol. The molecular weight excluding hydrogens is 143 g/mol. The molecule has 1 unspecified atom stereocenters. The largest absolute Gasteiger partial charge is 0.558 e. The molecule has 0 bridgehead atoms. The highest BCUT2D eigenvalue weighted by Gasteiger charge is 2.09. The molecule has 0 aromatic rings. The minimum absolute atomic E-state index is 0.156. The van der Waals surface area contributed by atoms with Gasteiger partial charge in [-0.3, -0.25) is 0 Å². The molecule has 52 valence electrons. The summed E-state index contributed by atoms with van der Waals surface area (Å²) in [5, 5.41) is 0. The van der Waals surface area contributed by atoms with Crippen molar-refractivity contribution in [2.45, 2.75) is 19.8 Å². The maximum Gasteiger partial charge on any atom is 0.542 e. The number of carbonyl (C=O) groups is 1. The van der Waals surface area contributed by atoms with Crippen molar-refractivity contribution in [2.24, 2.45) is 0 Å². The van der Waals surface area contributed by atoms with E-state index in [1.807, 2.05) is 0 Å². The minimum Gasteiger partial charge on any atom is -0.558 e. The van der Waals surface area contributed by atoms with Crippen LogP contribution in [0, 0.1) is 0 Å². The van der Waals surface area contributed by atoms with Crippen LogP contribution in [-0.2, 0) is 13.9 Å². The Hall–Kier alpha value is -0.470. The van der Waals surface area contributed by atoms with Crippen LogP contribution in [0.4, 0.5) is 0 Å². The first-order valence-electron chi connectivity index (χ1n) is 2.52. The Kier molecular flexibility index (Phi) is 4.18. The summed E-state index contributed by atoms with van der Waals surface area (Å²) in [5.74, 6) is -0.686. The van der Waals surface area contributed by atoms with Crippen molar-refractivity contribution in [3.05, 3.63) is 0 Å². The molecule has 5 heteroatoms. The van der Waals surface area contributed by atoms with E-state index in [-0.39, 0.29) is 6.42 Å². The van der Waals surface area contributed by atoms with E-state index in [0.29, 0.717) is 6.42 Å². The number of rotatable bonds is 3. The highest BCUT2D eigenvalue weighted by atomic mass is 31.1. The van der Waals surface area contributed by atoms with Gasteiger partial charge in [-0.15, -0.1) is 0 Å². The van der Waals surface area contributed by atoms with E-state index in [1.165, 1.54) is 0 Å². The van der Waals surface area contributed by atoms with Crippen LogP contribution < -0.4 is 4.89 Å². The van der Waals surface area contributed by atoms with Gasteiger partial charge in [0.25, 0.3) is 0 Å². The van der Waals surface area contributed by atoms with Gasteiger partial charge in [-0.1, -0.05) is 6.92 Å². The van der Waals surface area contributed by atoms with Crippen molar-refractivity contribution in [2.75, 3.05) is 0 Å². The number of carbonyl (C=O) groups excluding carboxylic acids is 1. The summed E-state index contributed by atoms with van der Waals surface area (Å²) < 4.78 is 13.5. The molecule has 1 atom stereocenters. The van der Waals surface area contributed by atoms with Gasteiger partial charge in [-0.05, 0) is 11.0 Å². The molecule has 0 saturated heterocycles. The van der Waals surface area contributed by atoms with E-state index in [0.717, 1.165) is 0 Å². The average Bonchev–Trinajstić information content (AvgIpc) is 1.63. The van der Waals surface area contributed by atoms with Crippen LogP contribution in [0.5, 0.6) is 0 Å². The minimum atomic E-state index is -3.00. The fourth-order valence-corrected chi connectivity index (χ4v) is 0.590. The van der Waals surface area contributed by atoms with Gasteiger partial charge in [0.2, 0.25) is 0 Å². The van der Waals surface area contributed by atoms with Crippen LogP contribution in [0.1, 0.15) is 19.8 Å². The normalized spacial score (nSPS) is 10.7. The first kappa shape index (κ1) is 8.53. The molecule has 0 heterocycles. The van der Waals surface area contributed by atoms with Gasteiger partial charge in [0.05, 0.1) is 6.42 Å². The Morgan fingerprint density at radius 2 is 2.33 bits per heavy atom. The Bertz CT molecular complexity index is 122. The van der Waals surface area contributed by atoms with Gasteiger partial charge in [0, 0.05) is 0 Å². The van der Waals surface area contributed by atoms with Crippen LogP contribution >= 0.6 is 8.25 Å². The zero-order valence-corrected chi connectivity index (χ0v) is 5.89. The van der Waals surface area contributed by atoms with Gasteiger partial charge >= 0.3 is 14.2 Å². The lowest BCUT2D eigenvalue weighted by atomic mass is 10.4. The Labute approximate surface area is 53.8 Å². The molecule has 0 N–H and O–H groups in total. The van der Waals surface area contributed by atoms with Crippen LogP contribution in [0.25, 0.3) is 0 Å². The molecule has 0 spiro atoms. The molecule has 0 fully saturated rings. The van der Waals surface area contributed by atoms with E-state index in [1.54, 1.807) is 6.92 Å². The van der Waals surface area contributed by atoms with Crippen molar-refractivity contribution in [1.82, 2.24) is 0 Å². The van der Waals surface area contributed by atoms with Gasteiger partial charge in [0.15, 0.2) is 0 Å². The lowest BCUT2D eigenvalue weighted by molar-refractivity contribution is -0.188. The van der Waals surface area contributed by atoms with Gasteiger partial charge in [0.1, 0.15) is 0 Å².